The molecule has 7 atom stereocenters. The monoisotopic (exact) mass is 566 g/mol. The number of nitrogens with one attached hydrogen (secondary N) is 1. The molecule has 1 N–H and O–H groups in total. The first-order valence-electron chi connectivity index (χ1n) is 14.0. The van der Waals surface area contributed by atoms with E-state index in [9.17, 15) is 4.79 Å². The van der Waals surface area contributed by atoms with Crippen molar-refractivity contribution in [3.8, 4) is 11.4 Å². The van der Waals surface area contributed by atoms with Gasteiger partial charge in [-0.25, -0.2) is 19.9 Å². The van der Waals surface area contributed by atoms with E-state index in [2.05, 4.69) is 29.9 Å². The predicted molar refractivity (Wildman–Crippen MR) is 157 cm³/mol. The first kappa shape index (κ1) is 26.8. The number of ether oxygens (including phenoxy) is 2. The molecule has 2 bridgehead atoms. The van der Waals surface area contributed by atoms with E-state index in [0.29, 0.717) is 24.4 Å². The highest BCUT2D eigenvalue weighted by molar-refractivity contribution is 7.49. The van der Waals surface area contributed by atoms with Gasteiger partial charge in [-0.2, -0.15) is 0 Å². The molecule has 7 rings (SSSR count). The van der Waals surface area contributed by atoms with Crippen LogP contribution in [0.25, 0.3) is 22.6 Å². The van der Waals surface area contributed by atoms with Crippen molar-refractivity contribution in [1.29, 1.82) is 0 Å². The molecule has 0 radical (unpaired) electrons. The van der Waals surface area contributed by atoms with Crippen LogP contribution in [-0.4, -0.2) is 69.6 Å². The summed E-state index contributed by atoms with van der Waals surface area (Å²) in [6.45, 7) is 12.1. The Kier molecular flexibility index (Phi) is 7.00. The van der Waals surface area contributed by atoms with Crippen LogP contribution in [0.3, 0.4) is 0 Å². The van der Waals surface area contributed by atoms with Crippen LogP contribution in [-0.2, 0) is 21.0 Å². The minimum absolute atomic E-state index is 0.0396. The van der Waals surface area contributed by atoms with E-state index in [1.54, 1.807) is 6.20 Å². The summed E-state index contributed by atoms with van der Waals surface area (Å²) in [6, 6.07) is 3.12. The number of aryl methyl sites for hydroxylation is 2. The number of anilines is 1. The molecule has 4 heterocycles. The van der Waals surface area contributed by atoms with Crippen molar-refractivity contribution in [2.75, 3.05) is 19.0 Å². The second-order valence-electron chi connectivity index (χ2n) is 12.6. The van der Waals surface area contributed by atoms with Gasteiger partial charge in [0, 0.05) is 38.7 Å². The lowest BCUT2D eigenvalue weighted by atomic mass is 9.61. The van der Waals surface area contributed by atoms with Gasteiger partial charge in [0.15, 0.2) is 11.5 Å². The van der Waals surface area contributed by atoms with Gasteiger partial charge in [-0.3, -0.25) is 4.79 Å². The molecule has 11 heteroatoms. The molecule has 4 aliphatic rings. The van der Waals surface area contributed by atoms with E-state index in [-0.39, 0.29) is 17.9 Å². The lowest BCUT2D eigenvalue weighted by Crippen LogP contribution is -2.55. The Morgan fingerprint density at radius 3 is 2.67 bits per heavy atom. The Balaban J connectivity index is 1.30. The van der Waals surface area contributed by atoms with Crippen molar-refractivity contribution < 1.29 is 14.3 Å². The molecule has 0 spiro atoms. The summed E-state index contributed by atoms with van der Waals surface area (Å²) in [7, 11) is 1.31. The van der Waals surface area contributed by atoms with Crippen LogP contribution in [0, 0.1) is 31.6 Å². The number of hydrogen-bond donors (Lipinski definition) is 1. The van der Waals surface area contributed by atoms with Crippen molar-refractivity contribution in [1.82, 2.24) is 24.5 Å². The van der Waals surface area contributed by atoms with Gasteiger partial charge < -0.3 is 19.4 Å². The van der Waals surface area contributed by atoms with Gasteiger partial charge in [-0.05, 0) is 55.9 Å². The largest absolute Gasteiger partial charge is 0.469 e. The van der Waals surface area contributed by atoms with Gasteiger partial charge in [0.25, 0.3) is 0 Å². The van der Waals surface area contributed by atoms with Crippen LogP contribution in [0.4, 0.5) is 5.82 Å². The smallest absolute Gasteiger partial charge is 0.311 e. The Hall–Kier alpha value is -2.42. The topological polar surface area (TPSA) is 104 Å². The number of nitrogens with zero attached hydrogens (tertiary/aromatic N) is 5. The standard InChI is InChI=1S/C28H39N6O3PSi/c1-15-11-20(32-22-18-8-7-17(24-25(18)38-24)21(22)28(35)36-3)33-26(31-15)19-13-34(14-37-9-10-39(4,5)6)27-23(19)30-16(2)12-29-27/h11-13,17-18,21-22,24-25,38H,7-10,14H2,1-6H3,(H,31,32,33)/t17-,18+,21?,22+,24+,25-/m1/s1. The van der Waals surface area contributed by atoms with Gasteiger partial charge in [0.05, 0.1) is 30.5 Å². The van der Waals surface area contributed by atoms with Crippen LogP contribution >= 0.6 is 8.58 Å². The summed E-state index contributed by atoms with van der Waals surface area (Å²) in [5.74, 6) is 2.05. The van der Waals surface area contributed by atoms with E-state index >= 15 is 0 Å². The Bertz CT molecular complexity index is 1410. The molecule has 1 aliphatic heterocycles. The highest BCUT2D eigenvalue weighted by Gasteiger charge is 2.63. The van der Waals surface area contributed by atoms with Crippen LogP contribution in [0.5, 0.6) is 0 Å². The lowest BCUT2D eigenvalue weighted by Gasteiger charge is -2.46. The maximum Gasteiger partial charge on any atom is 0.311 e. The molecule has 3 saturated carbocycles. The maximum atomic E-state index is 12.9. The molecular weight excluding hydrogens is 527 g/mol. The summed E-state index contributed by atoms with van der Waals surface area (Å²) in [5.41, 5.74) is 5.53. The summed E-state index contributed by atoms with van der Waals surface area (Å²) in [6.07, 6.45) is 6.09. The van der Waals surface area contributed by atoms with Crippen molar-refractivity contribution in [3.63, 3.8) is 0 Å². The molecule has 39 heavy (non-hydrogen) atoms. The Morgan fingerprint density at radius 2 is 1.90 bits per heavy atom. The van der Waals surface area contributed by atoms with E-state index < -0.39 is 8.07 Å². The number of hydrogen-bond acceptors (Lipinski definition) is 8. The minimum atomic E-state index is -1.17. The Labute approximate surface area is 232 Å². The van der Waals surface area contributed by atoms with Crippen LogP contribution in [0.15, 0.2) is 18.5 Å². The number of fused-ring (bicyclic) bond motifs is 3. The van der Waals surface area contributed by atoms with Crippen LogP contribution in [0.2, 0.25) is 25.7 Å². The van der Waals surface area contributed by atoms with Crippen LogP contribution < -0.4 is 5.32 Å². The van der Waals surface area contributed by atoms with Crippen molar-refractivity contribution >= 4 is 39.6 Å². The number of aromatic nitrogens is 5. The third-order valence-electron chi connectivity index (χ3n) is 8.52. The van der Waals surface area contributed by atoms with E-state index in [1.165, 1.54) is 13.5 Å². The number of methoxy groups -OCH3 is 1. The molecule has 1 saturated heterocycles. The fraction of sp³-hybridized carbons (Fsp3) is 0.607. The van der Waals surface area contributed by atoms with Crippen LogP contribution in [0.1, 0.15) is 24.2 Å². The Morgan fingerprint density at radius 1 is 1.13 bits per heavy atom. The van der Waals surface area contributed by atoms with Crippen molar-refractivity contribution in [3.05, 3.63) is 29.8 Å². The molecule has 4 fully saturated rings. The summed E-state index contributed by atoms with van der Waals surface area (Å²) in [4.78, 5) is 32.2. The first-order chi connectivity index (χ1) is 18.6. The van der Waals surface area contributed by atoms with E-state index in [0.717, 1.165) is 72.9 Å². The zero-order valence-corrected chi connectivity index (χ0v) is 25.7. The fourth-order valence-electron chi connectivity index (χ4n) is 6.56. The molecule has 3 aromatic heterocycles. The van der Waals surface area contributed by atoms with Gasteiger partial charge in [0.1, 0.15) is 18.1 Å². The molecule has 2 unspecified atom stereocenters. The molecule has 3 aromatic rings. The highest BCUT2D eigenvalue weighted by Crippen LogP contribution is 2.68. The molecule has 0 aromatic carbocycles. The van der Waals surface area contributed by atoms with Crippen molar-refractivity contribution in [2.24, 2.45) is 17.8 Å². The number of carbonyl (C=O) groups excluding carboxylic acids is 1. The zero-order chi connectivity index (χ0) is 27.5. The second-order valence-corrected chi connectivity index (χ2v) is 19.9. The molecular formula is C28H39N6O3PSi. The SMILES string of the molecule is COC(=O)C1[C@H]2CC[C@H]([C@H]3P[C@H]32)[C@@H]1Nc1cc(C)nc(-c2cn(COCC[Si](C)(C)C)c3ncc(C)nc23)n1. The molecule has 3 aliphatic carbocycles. The van der Waals surface area contributed by atoms with Gasteiger partial charge in [-0.1, -0.05) is 19.6 Å². The lowest BCUT2D eigenvalue weighted by molar-refractivity contribution is -0.151. The van der Waals surface area contributed by atoms with Crippen molar-refractivity contribution in [2.45, 2.75) is 76.5 Å². The average Bonchev–Trinajstić information content (AvgIpc) is 3.63. The van der Waals surface area contributed by atoms with Gasteiger partial charge in [-0.15, -0.1) is 8.58 Å². The number of carbonyl (C=O) groups is 1. The summed E-state index contributed by atoms with van der Waals surface area (Å²) >= 11 is 0. The first-order valence-corrected chi connectivity index (χ1v) is 18.9. The fourth-order valence-corrected chi connectivity index (χ4v) is 9.39. The molecule has 208 valence electrons. The number of esters is 1. The van der Waals surface area contributed by atoms with E-state index in [1.807, 2.05) is 30.7 Å². The van der Waals surface area contributed by atoms with Gasteiger partial charge in [0.2, 0.25) is 0 Å². The normalized spacial score (nSPS) is 28.1. The highest BCUT2D eigenvalue weighted by atomic mass is 31.1. The summed E-state index contributed by atoms with van der Waals surface area (Å²) in [5, 5.41) is 3.70. The minimum Gasteiger partial charge on any atom is -0.469 e. The summed E-state index contributed by atoms with van der Waals surface area (Å²) < 4.78 is 13.3. The predicted octanol–water partition coefficient (Wildman–Crippen LogP) is 4.86. The number of rotatable bonds is 9. The average molecular weight is 567 g/mol. The maximum absolute atomic E-state index is 12.9. The van der Waals surface area contributed by atoms with Gasteiger partial charge >= 0.3 is 5.97 Å². The third kappa shape index (κ3) is 5.23. The second kappa shape index (κ2) is 10.2. The molecule has 0 amide bonds. The van der Waals surface area contributed by atoms with E-state index in [4.69, 9.17) is 24.4 Å². The third-order valence-corrected chi connectivity index (χ3v) is 12.2. The zero-order valence-electron chi connectivity index (χ0n) is 23.7. The molecule has 9 nitrogen and oxygen atoms in total. The quantitative estimate of drug-likeness (QED) is 0.170.